The number of hydrogen-bond acceptors (Lipinski definition) is 5. The highest BCUT2D eigenvalue weighted by molar-refractivity contribution is 5.82. The molecule has 0 atom stereocenters. The van der Waals surface area contributed by atoms with Crippen molar-refractivity contribution in [2.45, 2.75) is 45.8 Å². The summed E-state index contributed by atoms with van der Waals surface area (Å²) in [6.45, 7) is 5.29. The van der Waals surface area contributed by atoms with Gasteiger partial charge in [-0.3, -0.25) is 4.79 Å². The molecular formula is C23H26N4O2. The number of fused-ring (bicyclic) bond motifs is 2. The quantitative estimate of drug-likeness (QED) is 0.607. The molecule has 1 aliphatic carbocycles. The van der Waals surface area contributed by atoms with E-state index in [0.29, 0.717) is 31.7 Å². The summed E-state index contributed by atoms with van der Waals surface area (Å²) in [6.07, 6.45) is 9.01. The van der Waals surface area contributed by atoms with Gasteiger partial charge in [-0.15, -0.1) is 6.42 Å². The number of nitrogens with zero attached hydrogens (tertiary/aromatic N) is 3. The van der Waals surface area contributed by atoms with Crippen molar-refractivity contribution < 1.29 is 9.53 Å². The van der Waals surface area contributed by atoms with E-state index in [4.69, 9.17) is 16.1 Å². The summed E-state index contributed by atoms with van der Waals surface area (Å²) in [5.74, 6) is 3.10. The van der Waals surface area contributed by atoms with E-state index >= 15 is 0 Å². The molecule has 1 aromatic carbocycles. The fraction of sp³-hybridized carbons (Fsp3) is 0.435. The van der Waals surface area contributed by atoms with Crippen LogP contribution < -0.4 is 5.32 Å². The summed E-state index contributed by atoms with van der Waals surface area (Å²) in [5, 5.41) is 3.46. The standard InChI is InChI=1S/C23H26N4O2/c1-4-9-29-15-23(2,3)21(28)27-13-18-12-24-22(26-20(18)14-27)25-19-10-16-7-5-6-8-17(16)11-19/h1,5-8,12,19H,9-11,13-15H2,2-3H3,(H,24,25,26). The molecular weight excluding hydrogens is 364 g/mol. The lowest BCUT2D eigenvalue weighted by atomic mass is 9.93. The number of carbonyl (C=O) groups is 1. The van der Waals surface area contributed by atoms with E-state index in [-0.39, 0.29) is 12.5 Å². The highest BCUT2D eigenvalue weighted by Gasteiger charge is 2.36. The number of anilines is 1. The summed E-state index contributed by atoms with van der Waals surface area (Å²) < 4.78 is 5.40. The van der Waals surface area contributed by atoms with Gasteiger partial charge in [-0.05, 0) is 37.8 Å². The van der Waals surface area contributed by atoms with Crippen LogP contribution >= 0.6 is 0 Å². The molecule has 1 N–H and O–H groups in total. The lowest BCUT2D eigenvalue weighted by Gasteiger charge is -2.28. The molecule has 6 nitrogen and oxygen atoms in total. The van der Waals surface area contributed by atoms with Gasteiger partial charge in [0.1, 0.15) is 6.61 Å². The third-order valence-corrected chi connectivity index (χ3v) is 5.55. The molecule has 1 aliphatic heterocycles. The monoisotopic (exact) mass is 390 g/mol. The van der Waals surface area contributed by atoms with Crippen LogP contribution in [0.25, 0.3) is 0 Å². The summed E-state index contributed by atoms with van der Waals surface area (Å²) in [6, 6.07) is 8.82. The number of rotatable bonds is 6. The Hall–Kier alpha value is -2.91. The maximum absolute atomic E-state index is 12.9. The van der Waals surface area contributed by atoms with E-state index in [2.05, 4.69) is 40.5 Å². The van der Waals surface area contributed by atoms with Gasteiger partial charge in [0.05, 0.1) is 24.3 Å². The van der Waals surface area contributed by atoms with Gasteiger partial charge in [0.2, 0.25) is 11.9 Å². The van der Waals surface area contributed by atoms with Crippen molar-refractivity contribution in [3.8, 4) is 12.3 Å². The van der Waals surface area contributed by atoms with Crippen LogP contribution in [0, 0.1) is 17.8 Å². The summed E-state index contributed by atoms with van der Waals surface area (Å²) in [7, 11) is 0. The minimum Gasteiger partial charge on any atom is -0.368 e. The topological polar surface area (TPSA) is 67.3 Å². The molecule has 0 bridgehead atoms. The number of aromatic nitrogens is 2. The van der Waals surface area contributed by atoms with Crippen LogP contribution in [0.15, 0.2) is 30.5 Å². The zero-order valence-electron chi connectivity index (χ0n) is 16.9. The van der Waals surface area contributed by atoms with Gasteiger partial charge in [0, 0.05) is 24.3 Å². The van der Waals surface area contributed by atoms with Crippen molar-refractivity contribution in [3.63, 3.8) is 0 Å². The number of carbonyl (C=O) groups excluding carboxylic acids is 1. The first-order chi connectivity index (χ1) is 14.0. The molecule has 1 aromatic heterocycles. The second kappa shape index (κ2) is 7.84. The molecule has 0 unspecified atom stereocenters. The van der Waals surface area contributed by atoms with Crippen molar-refractivity contribution in [1.29, 1.82) is 0 Å². The number of ether oxygens (including phenoxy) is 1. The van der Waals surface area contributed by atoms with Crippen molar-refractivity contribution in [2.75, 3.05) is 18.5 Å². The minimum absolute atomic E-state index is 0.0354. The Morgan fingerprint density at radius 1 is 1.28 bits per heavy atom. The molecule has 0 saturated carbocycles. The van der Waals surface area contributed by atoms with Gasteiger partial charge in [-0.25, -0.2) is 9.97 Å². The smallest absolute Gasteiger partial charge is 0.231 e. The van der Waals surface area contributed by atoms with Crippen LogP contribution in [-0.2, 0) is 35.5 Å². The molecule has 6 heteroatoms. The maximum Gasteiger partial charge on any atom is 0.231 e. The third kappa shape index (κ3) is 4.10. The Morgan fingerprint density at radius 2 is 2.00 bits per heavy atom. The largest absolute Gasteiger partial charge is 0.368 e. The second-order valence-electron chi connectivity index (χ2n) is 8.43. The molecule has 4 rings (SSSR count). The first kappa shape index (κ1) is 19.4. The fourth-order valence-electron chi connectivity index (χ4n) is 4.06. The van der Waals surface area contributed by atoms with Crippen molar-refractivity contribution in [3.05, 3.63) is 52.8 Å². The molecule has 2 heterocycles. The number of nitrogens with one attached hydrogen (secondary N) is 1. The van der Waals surface area contributed by atoms with Gasteiger partial charge in [0.25, 0.3) is 0 Å². The van der Waals surface area contributed by atoms with Gasteiger partial charge in [-0.1, -0.05) is 30.2 Å². The van der Waals surface area contributed by atoms with Crippen molar-refractivity contribution in [2.24, 2.45) is 5.41 Å². The summed E-state index contributed by atoms with van der Waals surface area (Å²) in [5.41, 5.74) is 4.04. The molecule has 0 saturated heterocycles. The fourth-order valence-corrected chi connectivity index (χ4v) is 4.06. The number of hydrogen-bond donors (Lipinski definition) is 1. The molecule has 2 aliphatic rings. The van der Waals surface area contributed by atoms with Crippen molar-refractivity contribution in [1.82, 2.24) is 14.9 Å². The Kier molecular flexibility index (Phi) is 5.25. The second-order valence-corrected chi connectivity index (χ2v) is 8.43. The molecule has 0 fully saturated rings. The average Bonchev–Trinajstić information content (AvgIpc) is 3.30. The lowest BCUT2D eigenvalue weighted by molar-refractivity contribution is -0.144. The van der Waals surface area contributed by atoms with Crippen LogP contribution in [0.5, 0.6) is 0 Å². The summed E-state index contributed by atoms with van der Waals surface area (Å²) in [4.78, 5) is 23.9. The highest BCUT2D eigenvalue weighted by Crippen LogP contribution is 2.28. The van der Waals surface area contributed by atoms with Crippen molar-refractivity contribution >= 4 is 11.9 Å². The minimum atomic E-state index is -0.636. The van der Waals surface area contributed by atoms with Gasteiger partial charge >= 0.3 is 0 Å². The number of benzene rings is 1. The van der Waals surface area contributed by atoms with E-state index in [1.807, 2.05) is 24.9 Å². The lowest BCUT2D eigenvalue weighted by Crippen LogP contribution is -2.40. The average molecular weight is 390 g/mol. The molecule has 0 radical (unpaired) electrons. The van der Waals surface area contributed by atoms with Crippen LogP contribution in [-0.4, -0.2) is 40.0 Å². The van der Waals surface area contributed by atoms with E-state index in [0.717, 1.165) is 24.1 Å². The Labute approximate surface area is 171 Å². The van der Waals surface area contributed by atoms with Crippen LogP contribution in [0.3, 0.4) is 0 Å². The first-order valence-electron chi connectivity index (χ1n) is 9.95. The van der Waals surface area contributed by atoms with E-state index in [1.54, 1.807) is 0 Å². The molecule has 0 spiro atoms. The van der Waals surface area contributed by atoms with Gasteiger partial charge < -0.3 is 15.0 Å². The molecule has 2 aromatic rings. The Bertz CT molecular complexity index is 939. The van der Waals surface area contributed by atoms with Gasteiger partial charge in [-0.2, -0.15) is 0 Å². The Morgan fingerprint density at radius 3 is 2.69 bits per heavy atom. The maximum atomic E-state index is 12.9. The predicted molar refractivity (Wildman–Crippen MR) is 111 cm³/mol. The van der Waals surface area contributed by atoms with E-state index in [9.17, 15) is 4.79 Å². The van der Waals surface area contributed by atoms with Crippen LogP contribution in [0.4, 0.5) is 5.95 Å². The molecule has 150 valence electrons. The third-order valence-electron chi connectivity index (χ3n) is 5.55. The Balaban J connectivity index is 1.39. The van der Waals surface area contributed by atoms with Crippen LogP contribution in [0.1, 0.15) is 36.2 Å². The van der Waals surface area contributed by atoms with Gasteiger partial charge in [0.15, 0.2) is 0 Å². The van der Waals surface area contributed by atoms with E-state index < -0.39 is 5.41 Å². The zero-order chi connectivity index (χ0) is 20.4. The zero-order valence-corrected chi connectivity index (χ0v) is 16.9. The summed E-state index contributed by atoms with van der Waals surface area (Å²) >= 11 is 0. The predicted octanol–water partition coefficient (Wildman–Crippen LogP) is 2.57. The SMILES string of the molecule is C#CCOCC(C)(C)C(=O)N1Cc2cnc(NC3Cc4ccccc4C3)nc2C1. The number of amides is 1. The number of terminal acetylenes is 1. The van der Waals surface area contributed by atoms with E-state index in [1.165, 1.54) is 11.1 Å². The normalized spacial score (nSPS) is 15.7. The highest BCUT2D eigenvalue weighted by atomic mass is 16.5. The first-order valence-corrected chi connectivity index (χ1v) is 9.95. The molecule has 29 heavy (non-hydrogen) atoms. The molecule has 1 amide bonds. The van der Waals surface area contributed by atoms with Crippen LogP contribution in [0.2, 0.25) is 0 Å².